The van der Waals surface area contributed by atoms with E-state index in [1.807, 2.05) is 12.1 Å². The summed E-state index contributed by atoms with van der Waals surface area (Å²) in [6, 6.07) is 17.6. The Balaban J connectivity index is 1.41. The molecule has 0 aliphatic rings. The number of nitrogens with zero attached hydrogens (tertiary/aromatic N) is 7. The first-order chi connectivity index (χ1) is 22.6. The molecule has 3 aromatic heterocycles. The Bertz CT molecular complexity index is 2280. The maximum atomic E-state index is 13.7. The van der Waals surface area contributed by atoms with E-state index in [9.17, 15) is 14.4 Å². The molecule has 0 N–H and O–H groups in total. The number of hydrogen-bond donors (Lipinski definition) is 0. The molecular formula is C34H32ClN7O5S. The molecule has 0 spiro atoms. The van der Waals surface area contributed by atoms with Crippen molar-refractivity contribution in [3.05, 3.63) is 88.1 Å². The van der Waals surface area contributed by atoms with Gasteiger partial charge in [-0.25, -0.2) is 19.5 Å². The second-order valence-corrected chi connectivity index (χ2v) is 14.1. The van der Waals surface area contributed by atoms with Crippen molar-refractivity contribution >= 4 is 67.9 Å². The molecule has 3 aromatic carbocycles. The monoisotopic (exact) mass is 685 g/mol. The van der Waals surface area contributed by atoms with Crippen molar-refractivity contribution in [2.24, 2.45) is 0 Å². The topological polar surface area (TPSA) is 134 Å². The number of amides is 1. The fourth-order valence-electron chi connectivity index (χ4n) is 5.02. The maximum Gasteiger partial charge on any atom is 0.435 e. The van der Waals surface area contributed by atoms with Crippen molar-refractivity contribution in [3.8, 4) is 17.1 Å². The average molecular weight is 686 g/mol. The van der Waals surface area contributed by atoms with Gasteiger partial charge in [-0.3, -0.25) is 9.36 Å². The van der Waals surface area contributed by atoms with Gasteiger partial charge in [-0.15, -0.1) is 0 Å². The molecule has 0 fully saturated rings. The molecule has 1 amide bonds. The van der Waals surface area contributed by atoms with Gasteiger partial charge in [-0.1, -0.05) is 35.9 Å². The number of hydrogen-bond acceptors (Lipinski definition) is 10. The lowest BCUT2D eigenvalue weighted by Crippen LogP contribution is -2.34. The highest BCUT2D eigenvalue weighted by Crippen LogP contribution is 2.39. The summed E-state index contributed by atoms with van der Waals surface area (Å²) in [7, 11) is 0. The summed E-state index contributed by atoms with van der Waals surface area (Å²) in [6.45, 7) is 12.3. The Morgan fingerprint density at radius 1 is 0.896 bits per heavy atom. The molecule has 0 radical (unpaired) electrons. The van der Waals surface area contributed by atoms with Gasteiger partial charge < -0.3 is 9.47 Å². The van der Waals surface area contributed by atoms with Crippen LogP contribution in [0.4, 0.5) is 20.4 Å². The zero-order chi connectivity index (χ0) is 34.5. The second kappa shape index (κ2) is 12.1. The number of ether oxygens (including phenoxy) is 2. The van der Waals surface area contributed by atoms with E-state index in [0.29, 0.717) is 44.7 Å². The zero-order valence-corrected chi connectivity index (χ0v) is 28.9. The van der Waals surface area contributed by atoms with E-state index in [4.69, 9.17) is 26.1 Å². The van der Waals surface area contributed by atoms with Gasteiger partial charge in [0.1, 0.15) is 17.0 Å². The molecule has 3 heterocycles. The molecule has 0 bridgehead atoms. The SMILES string of the molecule is Cc1nc2ccccc2c(=O)n1-c1cccc(-c2nsc(N(C(=O)OC(C)(C)C)c3ccc4c(cnn4C(=O)OC(C)(C)C)c3Cl)n2)c1. The van der Waals surface area contributed by atoms with Crippen LogP contribution in [-0.2, 0) is 9.47 Å². The van der Waals surface area contributed by atoms with Crippen LogP contribution in [0.15, 0.2) is 71.7 Å². The predicted molar refractivity (Wildman–Crippen MR) is 186 cm³/mol. The summed E-state index contributed by atoms with van der Waals surface area (Å²) in [5.41, 5.74) is 0.696. The minimum Gasteiger partial charge on any atom is -0.443 e. The summed E-state index contributed by atoms with van der Waals surface area (Å²) in [4.78, 5) is 50.6. The molecule has 0 saturated carbocycles. The zero-order valence-electron chi connectivity index (χ0n) is 27.3. The number of anilines is 2. The van der Waals surface area contributed by atoms with Gasteiger partial charge in [0.05, 0.1) is 39.0 Å². The first-order valence-corrected chi connectivity index (χ1v) is 16.1. The first-order valence-electron chi connectivity index (χ1n) is 15.0. The number of rotatable bonds is 4. The Kier molecular flexibility index (Phi) is 8.30. The van der Waals surface area contributed by atoms with Crippen LogP contribution in [0.1, 0.15) is 47.4 Å². The molecule has 0 unspecified atom stereocenters. The van der Waals surface area contributed by atoms with Crippen LogP contribution in [-0.4, -0.2) is 52.1 Å². The fourth-order valence-corrected chi connectivity index (χ4v) is 6.01. The van der Waals surface area contributed by atoms with Gasteiger partial charge in [-0.05, 0) is 84.9 Å². The van der Waals surface area contributed by atoms with Crippen LogP contribution in [0, 0.1) is 6.92 Å². The minimum absolute atomic E-state index is 0.144. The van der Waals surface area contributed by atoms with Crippen molar-refractivity contribution < 1.29 is 19.1 Å². The number of aryl methyl sites for hydroxylation is 1. The average Bonchev–Trinajstić information content (AvgIpc) is 3.65. The molecule has 6 aromatic rings. The molecule has 6 rings (SSSR count). The number of aromatic nitrogens is 6. The smallest absolute Gasteiger partial charge is 0.435 e. The molecule has 0 aliphatic heterocycles. The van der Waals surface area contributed by atoms with Gasteiger partial charge in [0, 0.05) is 22.5 Å². The Morgan fingerprint density at radius 3 is 2.35 bits per heavy atom. The Hall–Kier alpha value is -5.14. The van der Waals surface area contributed by atoms with Crippen molar-refractivity contribution in [1.82, 2.24) is 28.7 Å². The van der Waals surface area contributed by atoms with E-state index in [1.165, 1.54) is 11.1 Å². The summed E-state index contributed by atoms with van der Waals surface area (Å²) in [5, 5.41) is 5.44. The highest BCUT2D eigenvalue weighted by molar-refractivity contribution is 7.10. The van der Waals surface area contributed by atoms with E-state index >= 15 is 0 Å². The number of para-hydroxylation sites is 1. The second-order valence-electron chi connectivity index (χ2n) is 13.0. The van der Waals surface area contributed by atoms with Gasteiger partial charge in [0.15, 0.2) is 5.82 Å². The van der Waals surface area contributed by atoms with Crippen molar-refractivity contribution in [2.45, 2.75) is 59.7 Å². The van der Waals surface area contributed by atoms with Crippen LogP contribution in [0.3, 0.4) is 0 Å². The van der Waals surface area contributed by atoms with Crippen LogP contribution in [0.2, 0.25) is 5.02 Å². The summed E-state index contributed by atoms with van der Waals surface area (Å²) >= 11 is 7.87. The van der Waals surface area contributed by atoms with E-state index in [2.05, 4.69) is 14.5 Å². The largest absolute Gasteiger partial charge is 0.443 e. The maximum absolute atomic E-state index is 13.7. The normalized spacial score (nSPS) is 12.0. The third-order valence-corrected chi connectivity index (χ3v) is 8.06. The van der Waals surface area contributed by atoms with Crippen molar-refractivity contribution in [3.63, 3.8) is 0 Å². The van der Waals surface area contributed by atoms with E-state index in [1.54, 1.807) is 102 Å². The number of carbonyl (C=O) groups is 2. The lowest BCUT2D eigenvalue weighted by atomic mass is 10.1. The molecule has 0 saturated heterocycles. The van der Waals surface area contributed by atoms with Crippen LogP contribution >= 0.6 is 23.1 Å². The number of benzene rings is 3. The van der Waals surface area contributed by atoms with E-state index in [0.717, 1.165) is 16.2 Å². The number of fused-ring (bicyclic) bond motifs is 2. The summed E-state index contributed by atoms with van der Waals surface area (Å²) < 4.78 is 18.4. The number of carbonyl (C=O) groups excluding carboxylic acids is 2. The lowest BCUT2D eigenvalue weighted by molar-refractivity contribution is 0.0521. The molecule has 48 heavy (non-hydrogen) atoms. The van der Waals surface area contributed by atoms with Crippen LogP contribution in [0.5, 0.6) is 0 Å². The predicted octanol–water partition coefficient (Wildman–Crippen LogP) is 8.07. The minimum atomic E-state index is -0.839. The van der Waals surface area contributed by atoms with Crippen molar-refractivity contribution in [1.29, 1.82) is 0 Å². The molecule has 12 nitrogen and oxygen atoms in total. The van der Waals surface area contributed by atoms with Crippen LogP contribution < -0.4 is 10.5 Å². The molecule has 0 atom stereocenters. The van der Waals surface area contributed by atoms with Crippen LogP contribution in [0.25, 0.3) is 38.9 Å². The Labute approximate surface area is 284 Å². The van der Waals surface area contributed by atoms with Gasteiger partial charge in [0.25, 0.3) is 5.56 Å². The molecule has 14 heteroatoms. The fraction of sp³-hybridized carbons (Fsp3) is 0.265. The van der Waals surface area contributed by atoms with Gasteiger partial charge >= 0.3 is 12.2 Å². The van der Waals surface area contributed by atoms with Crippen molar-refractivity contribution in [2.75, 3.05) is 4.90 Å². The highest BCUT2D eigenvalue weighted by Gasteiger charge is 2.31. The van der Waals surface area contributed by atoms with E-state index < -0.39 is 23.4 Å². The summed E-state index contributed by atoms with van der Waals surface area (Å²) in [5.74, 6) is 0.846. The summed E-state index contributed by atoms with van der Waals surface area (Å²) in [6.07, 6.45) is 0.0309. The lowest BCUT2D eigenvalue weighted by Gasteiger charge is -2.26. The third-order valence-electron chi connectivity index (χ3n) is 6.96. The van der Waals surface area contributed by atoms with Gasteiger partial charge in [0.2, 0.25) is 5.13 Å². The van der Waals surface area contributed by atoms with Gasteiger partial charge in [-0.2, -0.15) is 19.1 Å². The number of halogens is 1. The molecule has 0 aliphatic carbocycles. The first kappa shape index (κ1) is 32.8. The quantitative estimate of drug-likeness (QED) is 0.180. The van der Waals surface area contributed by atoms with E-state index in [-0.39, 0.29) is 21.4 Å². The molecular weight excluding hydrogens is 654 g/mol. The standard InChI is InChI=1S/C34H32ClN7O5S/c1-19-37-24-14-9-8-13-22(24)29(43)40(19)21-12-10-11-20(17-21)28-38-30(48-39-28)41(31(44)46-33(2,3)4)26-16-15-25-23(27(26)35)18-36-42(25)32(45)47-34(5,6)7/h8-18H,1-7H3. The molecule has 246 valence electrons. The Morgan fingerprint density at radius 2 is 1.62 bits per heavy atom. The third kappa shape index (κ3) is 6.38. The highest BCUT2D eigenvalue weighted by atomic mass is 35.5.